The van der Waals surface area contributed by atoms with Crippen molar-refractivity contribution in [2.24, 2.45) is 0 Å². The van der Waals surface area contributed by atoms with E-state index in [0.717, 1.165) is 22.6 Å². The third kappa shape index (κ3) is 3.24. The molecule has 0 unspecified atom stereocenters. The number of halogens is 2. The summed E-state index contributed by atoms with van der Waals surface area (Å²) in [5, 5.41) is 1.60. The lowest BCUT2D eigenvalue weighted by Gasteiger charge is -2.21. The Morgan fingerprint density at radius 3 is 2.50 bits per heavy atom. The smallest absolute Gasteiger partial charge is 0.0642 e. The number of hydrogen-bond acceptors (Lipinski definition) is 2. The number of rotatable bonds is 4. The van der Waals surface area contributed by atoms with Crippen molar-refractivity contribution < 1.29 is 0 Å². The molecule has 2 nitrogen and oxygen atoms in total. The van der Waals surface area contributed by atoms with Gasteiger partial charge in [-0.2, -0.15) is 0 Å². The molecular weight excluding hydrogens is 312 g/mol. The normalized spacial score (nSPS) is 10.4. The SMILES string of the molecule is CN(Cc1ccncc1)c1ccc(CBr)cc1Cl. The Balaban J connectivity index is 2.16. The molecule has 18 heavy (non-hydrogen) atoms. The van der Waals surface area contributed by atoms with Gasteiger partial charge in [-0.05, 0) is 35.4 Å². The number of nitrogens with zero attached hydrogens (tertiary/aromatic N) is 2. The molecule has 1 aromatic heterocycles. The lowest BCUT2D eigenvalue weighted by atomic mass is 10.2. The molecule has 4 heteroatoms. The van der Waals surface area contributed by atoms with Gasteiger partial charge in [0.15, 0.2) is 0 Å². The van der Waals surface area contributed by atoms with Crippen molar-refractivity contribution in [1.82, 2.24) is 4.98 Å². The fourth-order valence-electron chi connectivity index (χ4n) is 1.79. The van der Waals surface area contributed by atoms with Crippen LogP contribution in [-0.4, -0.2) is 12.0 Å². The highest BCUT2D eigenvalue weighted by Crippen LogP contribution is 2.27. The van der Waals surface area contributed by atoms with Crippen molar-refractivity contribution in [2.45, 2.75) is 11.9 Å². The number of anilines is 1. The second-order valence-corrected chi connectivity index (χ2v) is 5.10. The number of benzene rings is 1. The molecule has 0 bridgehead atoms. The largest absolute Gasteiger partial charge is 0.369 e. The van der Waals surface area contributed by atoms with E-state index in [1.807, 2.05) is 25.2 Å². The Hall–Kier alpha value is -1.06. The van der Waals surface area contributed by atoms with Gasteiger partial charge in [-0.25, -0.2) is 0 Å². The Kier molecular flexibility index (Phi) is 4.61. The second-order valence-electron chi connectivity index (χ2n) is 4.13. The van der Waals surface area contributed by atoms with E-state index in [1.54, 1.807) is 12.4 Å². The van der Waals surface area contributed by atoms with Gasteiger partial charge >= 0.3 is 0 Å². The molecule has 0 N–H and O–H groups in total. The van der Waals surface area contributed by atoms with Gasteiger partial charge in [0.05, 0.1) is 10.7 Å². The van der Waals surface area contributed by atoms with Crippen LogP contribution in [0.4, 0.5) is 5.69 Å². The highest BCUT2D eigenvalue weighted by atomic mass is 79.9. The van der Waals surface area contributed by atoms with Crippen LogP contribution in [0.1, 0.15) is 11.1 Å². The lowest BCUT2D eigenvalue weighted by molar-refractivity contribution is 0.919. The van der Waals surface area contributed by atoms with Crippen LogP contribution in [0.3, 0.4) is 0 Å². The van der Waals surface area contributed by atoms with Gasteiger partial charge in [0.1, 0.15) is 0 Å². The molecule has 2 rings (SSSR count). The van der Waals surface area contributed by atoms with Crippen molar-refractivity contribution in [1.29, 1.82) is 0 Å². The van der Waals surface area contributed by atoms with Crippen molar-refractivity contribution in [3.05, 3.63) is 58.9 Å². The van der Waals surface area contributed by atoms with Crippen LogP contribution in [0.2, 0.25) is 5.02 Å². The van der Waals surface area contributed by atoms with Gasteiger partial charge in [-0.3, -0.25) is 4.98 Å². The summed E-state index contributed by atoms with van der Waals surface area (Å²) in [7, 11) is 2.04. The van der Waals surface area contributed by atoms with Crippen LogP contribution in [0.25, 0.3) is 0 Å². The quantitative estimate of drug-likeness (QED) is 0.781. The van der Waals surface area contributed by atoms with Crippen LogP contribution in [0.5, 0.6) is 0 Å². The Morgan fingerprint density at radius 2 is 1.89 bits per heavy atom. The minimum atomic E-state index is 0.781. The van der Waals surface area contributed by atoms with Crippen LogP contribution in [0.15, 0.2) is 42.7 Å². The molecule has 0 saturated carbocycles. The first kappa shape index (κ1) is 13.4. The average molecular weight is 326 g/mol. The van der Waals surface area contributed by atoms with Crippen LogP contribution < -0.4 is 4.90 Å². The van der Waals surface area contributed by atoms with E-state index >= 15 is 0 Å². The minimum absolute atomic E-state index is 0.781. The summed E-state index contributed by atoms with van der Waals surface area (Å²) >= 11 is 9.72. The molecule has 0 aliphatic heterocycles. The molecule has 2 aromatic rings. The highest BCUT2D eigenvalue weighted by molar-refractivity contribution is 9.08. The summed E-state index contributed by atoms with van der Waals surface area (Å²) in [5.74, 6) is 0. The van der Waals surface area contributed by atoms with E-state index in [2.05, 4.69) is 37.9 Å². The maximum absolute atomic E-state index is 6.29. The number of alkyl halides is 1. The topological polar surface area (TPSA) is 16.1 Å². The summed E-state index contributed by atoms with van der Waals surface area (Å²) in [6.07, 6.45) is 3.61. The van der Waals surface area contributed by atoms with E-state index < -0.39 is 0 Å². The maximum atomic E-state index is 6.29. The molecule has 0 radical (unpaired) electrons. The molecule has 0 spiro atoms. The first-order valence-electron chi connectivity index (χ1n) is 5.65. The van der Waals surface area contributed by atoms with E-state index in [1.165, 1.54) is 11.1 Å². The van der Waals surface area contributed by atoms with Gasteiger partial charge in [-0.15, -0.1) is 0 Å². The van der Waals surface area contributed by atoms with Crippen LogP contribution in [-0.2, 0) is 11.9 Å². The summed E-state index contributed by atoms with van der Waals surface area (Å²) in [6.45, 7) is 0.815. The molecular formula is C14H14BrClN2. The van der Waals surface area contributed by atoms with Crippen LogP contribution >= 0.6 is 27.5 Å². The third-order valence-electron chi connectivity index (χ3n) is 2.75. The van der Waals surface area contributed by atoms with Gasteiger partial charge in [0, 0.05) is 31.3 Å². The second kappa shape index (κ2) is 6.21. The number of pyridine rings is 1. The predicted octanol–water partition coefficient (Wildman–Crippen LogP) is 4.27. The Bertz CT molecular complexity index is 516. The standard InChI is InChI=1S/C14H14BrClN2/c1-18(10-11-4-6-17-7-5-11)14-3-2-12(9-15)8-13(14)16/h2-8H,9-10H2,1H3. The Labute approximate surface area is 121 Å². The van der Waals surface area contributed by atoms with Crippen molar-refractivity contribution in [2.75, 3.05) is 11.9 Å². The first-order chi connectivity index (χ1) is 8.70. The molecule has 0 atom stereocenters. The zero-order valence-electron chi connectivity index (χ0n) is 10.1. The molecule has 0 fully saturated rings. The lowest BCUT2D eigenvalue weighted by Crippen LogP contribution is -2.16. The number of aromatic nitrogens is 1. The Morgan fingerprint density at radius 1 is 1.17 bits per heavy atom. The predicted molar refractivity (Wildman–Crippen MR) is 80.4 cm³/mol. The minimum Gasteiger partial charge on any atom is -0.369 e. The van der Waals surface area contributed by atoms with Crippen LogP contribution in [0, 0.1) is 0 Å². The molecule has 1 aromatic carbocycles. The molecule has 1 heterocycles. The number of hydrogen-bond donors (Lipinski definition) is 0. The monoisotopic (exact) mass is 324 g/mol. The van der Waals surface area contributed by atoms with Crippen molar-refractivity contribution in [3.8, 4) is 0 Å². The summed E-state index contributed by atoms with van der Waals surface area (Å²) in [5.41, 5.74) is 3.44. The fourth-order valence-corrected chi connectivity index (χ4v) is 2.49. The first-order valence-corrected chi connectivity index (χ1v) is 7.15. The molecule has 94 valence electrons. The van der Waals surface area contributed by atoms with Gasteiger partial charge in [-0.1, -0.05) is 33.6 Å². The molecule has 0 aliphatic carbocycles. The summed E-state index contributed by atoms with van der Waals surface area (Å²) in [4.78, 5) is 6.15. The summed E-state index contributed by atoms with van der Waals surface area (Å²) < 4.78 is 0. The average Bonchev–Trinajstić information content (AvgIpc) is 2.39. The van der Waals surface area contributed by atoms with Crippen molar-refractivity contribution >= 4 is 33.2 Å². The van der Waals surface area contributed by atoms with E-state index in [0.29, 0.717) is 0 Å². The zero-order chi connectivity index (χ0) is 13.0. The maximum Gasteiger partial charge on any atom is 0.0642 e. The third-order valence-corrected chi connectivity index (χ3v) is 3.70. The van der Waals surface area contributed by atoms with Crippen molar-refractivity contribution in [3.63, 3.8) is 0 Å². The molecule has 0 aliphatic rings. The highest BCUT2D eigenvalue weighted by Gasteiger charge is 2.07. The van der Waals surface area contributed by atoms with Gasteiger partial charge in [0.2, 0.25) is 0 Å². The fraction of sp³-hybridized carbons (Fsp3) is 0.214. The van der Waals surface area contributed by atoms with E-state index in [4.69, 9.17) is 11.6 Å². The van der Waals surface area contributed by atoms with E-state index in [9.17, 15) is 0 Å². The van der Waals surface area contributed by atoms with Gasteiger partial charge < -0.3 is 4.90 Å². The molecule has 0 saturated heterocycles. The summed E-state index contributed by atoms with van der Waals surface area (Å²) in [6, 6.07) is 10.2. The molecule has 0 amide bonds. The van der Waals surface area contributed by atoms with Gasteiger partial charge in [0.25, 0.3) is 0 Å². The van der Waals surface area contributed by atoms with E-state index in [-0.39, 0.29) is 0 Å². The zero-order valence-corrected chi connectivity index (χ0v) is 12.4.